The summed E-state index contributed by atoms with van der Waals surface area (Å²) in [6, 6.07) is 103. The molecule has 0 N–H and O–H groups in total. The van der Waals surface area contributed by atoms with Crippen molar-refractivity contribution in [2.24, 2.45) is 0 Å². The van der Waals surface area contributed by atoms with Crippen molar-refractivity contribution in [1.29, 1.82) is 0 Å². The Labute approximate surface area is 463 Å². The van der Waals surface area contributed by atoms with Crippen molar-refractivity contribution in [2.75, 3.05) is 0 Å². The summed E-state index contributed by atoms with van der Waals surface area (Å²) >= 11 is 0. The van der Waals surface area contributed by atoms with Crippen molar-refractivity contribution in [1.82, 2.24) is 15.0 Å². The van der Waals surface area contributed by atoms with E-state index in [4.69, 9.17) is 4.98 Å². The molecular weight excluding hydrogens is 1110 g/mol. The van der Waals surface area contributed by atoms with Gasteiger partial charge in [0.15, 0.2) is 0 Å². The Bertz CT molecular complexity index is 4030. The fourth-order valence-electron chi connectivity index (χ4n) is 10.5. The summed E-state index contributed by atoms with van der Waals surface area (Å²) in [7, 11) is 0. The molecule has 4 heteroatoms. The molecule has 362 valence electrons. The molecule has 0 saturated carbocycles. The van der Waals surface area contributed by atoms with Crippen LogP contribution in [0, 0.1) is 18.2 Å². The molecule has 0 radical (unpaired) electrons. The van der Waals surface area contributed by atoms with Crippen molar-refractivity contribution in [3.05, 3.63) is 298 Å². The fraction of sp³-hybridized carbons (Fsp3) is 0. The average molecular weight is 1160 g/mol. The minimum atomic E-state index is 0. The van der Waals surface area contributed by atoms with E-state index in [1.165, 1.54) is 11.1 Å². The van der Waals surface area contributed by atoms with Crippen molar-refractivity contribution in [3.63, 3.8) is 0 Å². The molecule has 10 aromatic carbocycles. The van der Waals surface area contributed by atoms with Gasteiger partial charge in [0.05, 0.1) is 0 Å². The number of nitrogens with zero attached hydrogens (tertiary/aromatic N) is 3. The Morgan fingerprint density at radius 2 is 0.688 bits per heavy atom. The summed E-state index contributed by atoms with van der Waals surface area (Å²) in [5.41, 5.74) is 23.3. The van der Waals surface area contributed by atoms with Crippen LogP contribution < -0.4 is 0 Å². The first-order valence-electron chi connectivity index (χ1n) is 25.5. The monoisotopic (exact) mass is 1160 g/mol. The van der Waals surface area contributed by atoms with Crippen LogP contribution in [0.15, 0.2) is 279 Å². The van der Waals surface area contributed by atoms with Crippen molar-refractivity contribution in [3.8, 4) is 123 Å². The molecule has 3 nitrogen and oxygen atoms in total. The minimum absolute atomic E-state index is 0. The van der Waals surface area contributed by atoms with E-state index < -0.39 is 0 Å². The van der Waals surface area contributed by atoms with Crippen LogP contribution >= 0.6 is 0 Å². The van der Waals surface area contributed by atoms with E-state index in [-0.39, 0.29) is 20.1 Å². The maximum absolute atomic E-state index is 4.96. The standard InChI is InChI=1S/C73H46N3.Ir/c1-2-16-50(17-3-1)51-28-30-55(31-29-51)70-49-58(73-67-24-5-4-18-52(67)42-45-76-73)40-41-69(70)68-25-11-10-23-66(68)61-47-59(64-21-8-6-19-62(64)53-32-36-56(37-33-53)71-26-12-14-43-74-71)46-60(48-61)65-22-9-7-20-63(65)54-34-38-57(39-35-54)72-27-13-15-44-75-72;/h1-36,38,41-49H;/q-3;+3. The molecular formula is C73H46IrN3. The van der Waals surface area contributed by atoms with E-state index in [0.29, 0.717) is 0 Å². The predicted octanol–water partition coefficient (Wildman–Crippen LogP) is 18.8. The quantitative estimate of drug-likeness (QED) is 0.121. The molecule has 0 spiro atoms. The third-order valence-electron chi connectivity index (χ3n) is 14.2. The van der Waals surface area contributed by atoms with Crippen molar-refractivity contribution in [2.45, 2.75) is 0 Å². The van der Waals surface area contributed by atoms with Gasteiger partial charge in [-0.15, -0.1) is 83.4 Å². The van der Waals surface area contributed by atoms with E-state index in [9.17, 15) is 0 Å². The summed E-state index contributed by atoms with van der Waals surface area (Å²) in [5.74, 6) is 0. The van der Waals surface area contributed by atoms with Crippen LogP contribution in [-0.2, 0) is 20.1 Å². The van der Waals surface area contributed by atoms with E-state index in [1.807, 2.05) is 55.0 Å². The Morgan fingerprint density at radius 3 is 1.22 bits per heavy atom. The summed E-state index contributed by atoms with van der Waals surface area (Å²) in [5, 5.41) is 2.23. The van der Waals surface area contributed by atoms with Crippen LogP contribution in [-0.4, -0.2) is 15.0 Å². The van der Waals surface area contributed by atoms with E-state index >= 15 is 0 Å². The van der Waals surface area contributed by atoms with Gasteiger partial charge < -0.3 is 15.0 Å². The molecule has 0 saturated heterocycles. The molecule has 13 rings (SSSR count). The van der Waals surface area contributed by atoms with Gasteiger partial charge in [-0.05, 0) is 114 Å². The molecule has 0 unspecified atom stereocenters. The number of hydrogen-bond donors (Lipinski definition) is 0. The van der Waals surface area contributed by atoms with Crippen molar-refractivity contribution < 1.29 is 20.1 Å². The Kier molecular flexibility index (Phi) is 13.7. The molecule has 13 aromatic rings. The van der Waals surface area contributed by atoms with Crippen molar-refractivity contribution >= 4 is 10.8 Å². The summed E-state index contributed by atoms with van der Waals surface area (Å²) in [6.45, 7) is 0. The van der Waals surface area contributed by atoms with Gasteiger partial charge in [-0.2, -0.15) is 0 Å². The zero-order valence-electron chi connectivity index (χ0n) is 41.7. The van der Waals surface area contributed by atoms with Crippen LogP contribution in [0.25, 0.3) is 134 Å². The average Bonchev–Trinajstić information content (AvgIpc) is 3.56. The molecule has 3 heterocycles. The predicted molar refractivity (Wildman–Crippen MR) is 314 cm³/mol. The molecule has 0 amide bonds. The third kappa shape index (κ3) is 9.88. The number of hydrogen-bond acceptors (Lipinski definition) is 3. The van der Waals surface area contributed by atoms with E-state index in [0.717, 1.165) is 122 Å². The second-order valence-electron chi connectivity index (χ2n) is 18.8. The van der Waals surface area contributed by atoms with Gasteiger partial charge in [0.25, 0.3) is 0 Å². The Hall–Kier alpha value is -9.44. The molecule has 0 aliphatic heterocycles. The van der Waals surface area contributed by atoms with Gasteiger partial charge in [0.1, 0.15) is 0 Å². The summed E-state index contributed by atoms with van der Waals surface area (Å²) in [6.07, 6.45) is 5.54. The largest absolute Gasteiger partial charge is 3.00 e. The molecule has 3 aromatic heterocycles. The number of aromatic nitrogens is 3. The molecule has 0 aliphatic rings. The first kappa shape index (κ1) is 48.5. The maximum atomic E-state index is 4.96. The summed E-state index contributed by atoms with van der Waals surface area (Å²) in [4.78, 5) is 14.2. The Morgan fingerprint density at radius 1 is 0.247 bits per heavy atom. The van der Waals surface area contributed by atoms with Gasteiger partial charge in [0.2, 0.25) is 0 Å². The van der Waals surface area contributed by atoms with Gasteiger partial charge in [-0.3, -0.25) is 0 Å². The zero-order chi connectivity index (χ0) is 50.6. The molecule has 0 aliphatic carbocycles. The number of pyridine rings is 3. The maximum Gasteiger partial charge on any atom is 3.00 e. The van der Waals surface area contributed by atoms with Gasteiger partial charge in [-0.25, -0.2) is 0 Å². The fourth-order valence-corrected chi connectivity index (χ4v) is 10.5. The van der Waals surface area contributed by atoms with Crippen LogP contribution in [0.3, 0.4) is 0 Å². The zero-order valence-corrected chi connectivity index (χ0v) is 44.1. The van der Waals surface area contributed by atoms with Gasteiger partial charge in [0, 0.05) is 18.6 Å². The number of fused-ring (bicyclic) bond motifs is 1. The number of benzene rings is 10. The SMILES string of the molecule is [Ir+3].[c-]1cc(-c2ccccc2-c2cc(-c3ccccc3-c3c[c-]c(-c4ccccn4)cc3)cc(-c3ccccc3-c3c[c-]c(-c4nccc5ccccc45)cc3-c3ccc(-c4ccccc4)cc3)c2)ccc1-c1ccccn1. The topological polar surface area (TPSA) is 38.7 Å². The molecule has 0 bridgehead atoms. The smallest absolute Gasteiger partial charge is 0.305 e. The first-order chi connectivity index (χ1) is 37.7. The third-order valence-corrected chi connectivity index (χ3v) is 14.2. The van der Waals surface area contributed by atoms with Gasteiger partial charge >= 0.3 is 20.1 Å². The second-order valence-corrected chi connectivity index (χ2v) is 18.8. The normalized spacial score (nSPS) is 11.0. The van der Waals surface area contributed by atoms with Crippen LogP contribution in [0.2, 0.25) is 0 Å². The van der Waals surface area contributed by atoms with Crippen LogP contribution in [0.5, 0.6) is 0 Å². The number of rotatable bonds is 11. The second kappa shape index (κ2) is 21.8. The van der Waals surface area contributed by atoms with Crippen LogP contribution in [0.4, 0.5) is 0 Å². The Balaban J connectivity index is 0.00000596. The first-order valence-corrected chi connectivity index (χ1v) is 25.5. The van der Waals surface area contributed by atoms with Crippen LogP contribution in [0.1, 0.15) is 0 Å². The molecule has 77 heavy (non-hydrogen) atoms. The molecule has 0 fully saturated rings. The van der Waals surface area contributed by atoms with E-state index in [1.54, 1.807) is 0 Å². The minimum Gasteiger partial charge on any atom is -0.305 e. The molecule has 0 atom stereocenters. The summed E-state index contributed by atoms with van der Waals surface area (Å²) < 4.78 is 0. The van der Waals surface area contributed by atoms with Gasteiger partial charge in [-0.1, -0.05) is 215 Å². The van der Waals surface area contributed by atoms with E-state index in [2.05, 4.69) is 253 Å².